The number of amides is 1. The highest BCUT2D eigenvalue weighted by Crippen LogP contribution is 2.15. The number of Topliss-reactive ketones (excluding diaryl/α,β-unsaturated/α-hetero) is 1. The van der Waals surface area contributed by atoms with Crippen molar-refractivity contribution in [3.63, 3.8) is 0 Å². The number of nitrogens with zero attached hydrogens (tertiary/aromatic N) is 2. The molecule has 0 aliphatic heterocycles. The van der Waals surface area contributed by atoms with E-state index < -0.39 is 17.7 Å². The average molecular weight is 270 g/mol. The van der Waals surface area contributed by atoms with Crippen LogP contribution in [0.15, 0.2) is 11.7 Å². The number of carbonyl (C=O) groups excluding carboxylic acids is 2. The number of likely N-dealkylation sites (N-methyl/N-ethyl adjacent to an activating group) is 1. The van der Waals surface area contributed by atoms with Gasteiger partial charge in [0.2, 0.25) is 0 Å². The molecule has 5 nitrogen and oxygen atoms in total. The summed E-state index contributed by atoms with van der Waals surface area (Å²) in [7, 11) is 1.55. The van der Waals surface area contributed by atoms with Gasteiger partial charge >= 0.3 is 6.09 Å². The second kappa shape index (κ2) is 5.48. The summed E-state index contributed by atoms with van der Waals surface area (Å²) in [6.45, 7) is 7.03. The van der Waals surface area contributed by atoms with E-state index in [0.29, 0.717) is 4.88 Å². The molecule has 0 aliphatic rings. The third-order valence-corrected chi connectivity index (χ3v) is 3.10. The average Bonchev–Trinajstić information content (AvgIpc) is 2.77. The maximum atomic E-state index is 12.0. The van der Waals surface area contributed by atoms with Crippen molar-refractivity contribution in [3.05, 3.63) is 16.6 Å². The van der Waals surface area contributed by atoms with Crippen LogP contribution in [0.1, 0.15) is 37.4 Å². The second-order valence-corrected chi connectivity index (χ2v) is 5.88. The maximum absolute atomic E-state index is 12.0. The predicted octanol–water partition coefficient (Wildman–Crippen LogP) is 2.58. The Morgan fingerprint density at radius 1 is 1.44 bits per heavy atom. The van der Waals surface area contributed by atoms with E-state index in [1.807, 2.05) is 0 Å². The van der Waals surface area contributed by atoms with Crippen molar-refractivity contribution in [2.75, 3.05) is 7.05 Å². The van der Waals surface area contributed by atoms with E-state index in [2.05, 4.69) is 4.98 Å². The third-order valence-electron chi connectivity index (χ3n) is 2.32. The van der Waals surface area contributed by atoms with E-state index in [-0.39, 0.29) is 5.78 Å². The highest BCUT2D eigenvalue weighted by Gasteiger charge is 2.27. The highest BCUT2D eigenvalue weighted by atomic mass is 32.1. The van der Waals surface area contributed by atoms with Gasteiger partial charge in [0, 0.05) is 13.2 Å². The lowest BCUT2D eigenvalue weighted by molar-refractivity contribution is 0.0232. The number of ketones is 1. The molecule has 1 aromatic rings. The lowest BCUT2D eigenvalue weighted by Crippen LogP contribution is -2.43. The predicted molar refractivity (Wildman–Crippen MR) is 69.9 cm³/mol. The molecule has 0 fully saturated rings. The van der Waals surface area contributed by atoms with Gasteiger partial charge in [-0.25, -0.2) is 4.79 Å². The van der Waals surface area contributed by atoms with Gasteiger partial charge in [0.15, 0.2) is 5.78 Å². The normalized spacial score (nSPS) is 12.9. The number of ether oxygens (including phenoxy) is 1. The molecule has 0 spiro atoms. The van der Waals surface area contributed by atoms with Gasteiger partial charge < -0.3 is 9.64 Å². The fraction of sp³-hybridized carbons (Fsp3) is 0.583. The van der Waals surface area contributed by atoms with E-state index in [9.17, 15) is 9.59 Å². The Hall–Kier alpha value is -1.43. The molecule has 0 saturated heterocycles. The quantitative estimate of drug-likeness (QED) is 0.792. The largest absolute Gasteiger partial charge is 0.444 e. The molecule has 6 heteroatoms. The van der Waals surface area contributed by atoms with Crippen molar-refractivity contribution in [1.29, 1.82) is 0 Å². The van der Waals surface area contributed by atoms with Gasteiger partial charge in [-0.15, -0.1) is 11.3 Å². The Labute approximate surface area is 111 Å². The first kappa shape index (κ1) is 14.6. The summed E-state index contributed by atoms with van der Waals surface area (Å²) in [5, 5.41) is 0. The Balaban J connectivity index is 2.69. The van der Waals surface area contributed by atoms with Crippen LogP contribution < -0.4 is 0 Å². The molecule has 0 aromatic carbocycles. The summed E-state index contributed by atoms with van der Waals surface area (Å²) in [6.07, 6.45) is 1.000. The summed E-state index contributed by atoms with van der Waals surface area (Å²) >= 11 is 1.26. The van der Waals surface area contributed by atoms with Crippen LogP contribution in [0.3, 0.4) is 0 Å². The monoisotopic (exact) mass is 270 g/mol. The van der Waals surface area contributed by atoms with E-state index in [1.165, 1.54) is 22.4 Å². The first-order chi connectivity index (χ1) is 8.22. The SMILES string of the molecule is CC(C(=O)c1cncs1)N(C)C(=O)OC(C)(C)C. The molecular weight excluding hydrogens is 252 g/mol. The minimum Gasteiger partial charge on any atom is -0.444 e. The zero-order chi connectivity index (χ0) is 13.9. The number of aromatic nitrogens is 1. The molecule has 1 heterocycles. The first-order valence-electron chi connectivity index (χ1n) is 5.61. The van der Waals surface area contributed by atoms with Crippen LogP contribution in [-0.4, -0.2) is 40.5 Å². The first-order valence-corrected chi connectivity index (χ1v) is 6.49. The molecule has 0 bridgehead atoms. The van der Waals surface area contributed by atoms with Crippen LogP contribution >= 0.6 is 11.3 Å². The van der Waals surface area contributed by atoms with Crippen molar-refractivity contribution < 1.29 is 14.3 Å². The van der Waals surface area contributed by atoms with Gasteiger partial charge in [0.1, 0.15) is 5.60 Å². The summed E-state index contributed by atoms with van der Waals surface area (Å²) < 4.78 is 5.21. The summed E-state index contributed by atoms with van der Waals surface area (Å²) in [4.78, 5) is 29.5. The van der Waals surface area contributed by atoms with E-state index >= 15 is 0 Å². The summed E-state index contributed by atoms with van der Waals surface area (Å²) in [5.74, 6) is -0.133. The van der Waals surface area contributed by atoms with Gasteiger partial charge in [0.25, 0.3) is 0 Å². The van der Waals surface area contributed by atoms with E-state index in [1.54, 1.807) is 40.3 Å². The van der Waals surface area contributed by atoms with Crippen molar-refractivity contribution in [3.8, 4) is 0 Å². The van der Waals surface area contributed by atoms with Crippen molar-refractivity contribution in [2.45, 2.75) is 39.3 Å². The standard InChI is InChI=1S/C12H18N2O3S/c1-8(10(15)9-6-13-7-18-9)14(5)11(16)17-12(2,3)4/h6-8H,1-5H3. The molecule has 1 aromatic heterocycles. The molecule has 18 heavy (non-hydrogen) atoms. The molecule has 1 unspecified atom stereocenters. The van der Waals surface area contributed by atoms with Gasteiger partial charge in [-0.1, -0.05) is 0 Å². The van der Waals surface area contributed by atoms with Crippen molar-refractivity contribution in [1.82, 2.24) is 9.88 Å². The van der Waals surface area contributed by atoms with Crippen LogP contribution in [0.5, 0.6) is 0 Å². The minimum atomic E-state index is -0.571. The van der Waals surface area contributed by atoms with E-state index in [0.717, 1.165) is 0 Å². The molecule has 0 saturated carbocycles. The number of hydrogen-bond acceptors (Lipinski definition) is 5. The second-order valence-electron chi connectivity index (χ2n) is 5.00. The summed E-state index contributed by atoms with van der Waals surface area (Å²) in [6, 6.07) is -0.569. The molecule has 1 amide bonds. The third kappa shape index (κ3) is 3.80. The van der Waals surface area contributed by atoms with Crippen LogP contribution in [0, 0.1) is 0 Å². The van der Waals surface area contributed by atoms with Crippen molar-refractivity contribution >= 4 is 23.2 Å². The fourth-order valence-corrected chi connectivity index (χ4v) is 1.85. The zero-order valence-corrected chi connectivity index (χ0v) is 12.1. The zero-order valence-electron chi connectivity index (χ0n) is 11.3. The Morgan fingerprint density at radius 3 is 2.50 bits per heavy atom. The van der Waals surface area contributed by atoms with Gasteiger partial charge in [-0.3, -0.25) is 9.78 Å². The van der Waals surface area contributed by atoms with Crippen LogP contribution in [0.2, 0.25) is 0 Å². The maximum Gasteiger partial charge on any atom is 0.410 e. The highest BCUT2D eigenvalue weighted by molar-refractivity contribution is 7.11. The Kier molecular flexibility index (Phi) is 4.45. The molecule has 0 N–H and O–H groups in total. The molecule has 0 radical (unpaired) electrons. The van der Waals surface area contributed by atoms with Gasteiger partial charge in [0.05, 0.1) is 16.4 Å². The lowest BCUT2D eigenvalue weighted by atomic mass is 10.2. The Morgan fingerprint density at radius 2 is 2.06 bits per heavy atom. The molecule has 1 rings (SSSR count). The number of thiazole rings is 1. The minimum absolute atomic E-state index is 0.133. The summed E-state index contributed by atoms with van der Waals surface area (Å²) in [5.41, 5.74) is 1.02. The number of hydrogen-bond donors (Lipinski definition) is 0. The molecule has 1 atom stereocenters. The van der Waals surface area contributed by atoms with Crippen molar-refractivity contribution in [2.24, 2.45) is 0 Å². The van der Waals surface area contributed by atoms with Gasteiger partial charge in [-0.2, -0.15) is 0 Å². The van der Waals surface area contributed by atoms with Crippen LogP contribution in [0.25, 0.3) is 0 Å². The smallest absolute Gasteiger partial charge is 0.410 e. The number of carbonyl (C=O) groups is 2. The molecule has 100 valence electrons. The molecular formula is C12H18N2O3S. The van der Waals surface area contributed by atoms with Gasteiger partial charge in [-0.05, 0) is 27.7 Å². The van der Waals surface area contributed by atoms with Crippen LogP contribution in [0.4, 0.5) is 4.79 Å². The molecule has 0 aliphatic carbocycles. The fourth-order valence-electron chi connectivity index (χ4n) is 1.21. The van der Waals surface area contributed by atoms with Crippen LogP contribution in [-0.2, 0) is 4.74 Å². The topological polar surface area (TPSA) is 59.5 Å². The van der Waals surface area contributed by atoms with E-state index in [4.69, 9.17) is 4.74 Å². The Bertz CT molecular complexity index is 423. The number of rotatable bonds is 3. The lowest BCUT2D eigenvalue weighted by Gasteiger charge is -2.27.